The van der Waals surface area contributed by atoms with Crippen molar-refractivity contribution in [3.05, 3.63) is 219 Å². The monoisotopic (exact) mass is 1840 g/mol. The molecule has 5 unspecified atom stereocenters. The predicted molar refractivity (Wildman–Crippen MR) is 546 cm³/mol. The molecule has 0 aliphatic carbocycles. The maximum Gasteiger partial charge on any atom is 0.472 e. The molecule has 16 nitrogen and oxygen atoms in total. The molecule has 0 saturated heterocycles. The largest absolute Gasteiger partial charge is 0.472 e. The Morgan fingerprint density at radius 2 is 0.388 bits per heavy atom. The van der Waals surface area contributed by atoms with Crippen molar-refractivity contribution >= 4 is 33.6 Å². The molecule has 0 aliphatic rings. The van der Waals surface area contributed by atoms with Gasteiger partial charge in [-0.3, -0.25) is 32.5 Å². The Kier molecular flexibility index (Phi) is 96.1. The predicted octanol–water partition coefficient (Wildman–Crippen LogP) is 32.5. The molecule has 0 radical (unpaired) electrons. The fraction of sp³-hybridized carbons (Fsp3) is 0.649. The number of aliphatic hydroxyl groups excluding tert-OH is 2. The van der Waals surface area contributed by atoms with E-state index in [1.165, 1.54) is 141 Å². The van der Waals surface area contributed by atoms with Crippen molar-refractivity contribution in [1.29, 1.82) is 0 Å². The molecule has 0 saturated carbocycles. The van der Waals surface area contributed by atoms with Crippen LogP contribution in [0.1, 0.15) is 406 Å². The standard InChI is InChI=1S/C111H184O16P2/c1-4-7-10-13-16-19-22-25-28-31-34-37-40-43-46-49-52-55-58-61-64-67-70-73-76-79-82-85-88-91-94-97-109(114)121-100-106(112)101-123-128(117,118)124-102-107(113)103-125-129(119,120)126-105-108(127-111(116)99-96-93-90-87-84-81-78-75-72-69-66-63-60-57-54-51-48-45-42-39-36-33-30-27-24-21-18-15-12-9-6-3)104-122-110(115)98-95-92-89-86-83-80-77-74-71-68-65-62-59-56-53-50-47-44-41-38-35-32-29-26-23-20-17-14-11-8-5-2/h7-12,16-21,25-30,34-39,43-48,52-57,106-108,112-113H,4-6,13-15,22-24,31-33,40-42,49-51,58-105H2,1-3H3,(H,117,118)(H,119,120)/b10-7-,11-8-,12-9-,19-16-,20-17-,21-18-,28-25-,29-26-,30-27-,37-34-,38-35-,39-36-,46-43-,47-44-,48-45-,55-52-,56-53-,57-54-. The van der Waals surface area contributed by atoms with Crippen LogP contribution in [0.5, 0.6) is 0 Å². The van der Waals surface area contributed by atoms with E-state index in [0.29, 0.717) is 19.3 Å². The summed E-state index contributed by atoms with van der Waals surface area (Å²) in [6, 6.07) is 0. The Hall–Kier alpha value is -6.13. The lowest BCUT2D eigenvalue weighted by molar-refractivity contribution is -0.161. The highest BCUT2D eigenvalue weighted by Crippen LogP contribution is 2.45. The van der Waals surface area contributed by atoms with E-state index in [9.17, 15) is 43.5 Å². The number of rotatable bonds is 95. The smallest absolute Gasteiger partial charge is 0.463 e. The van der Waals surface area contributed by atoms with Crippen LogP contribution in [-0.4, -0.2) is 95.9 Å². The zero-order valence-corrected chi connectivity index (χ0v) is 83.1. The van der Waals surface area contributed by atoms with Gasteiger partial charge in [0.05, 0.1) is 26.4 Å². The van der Waals surface area contributed by atoms with Crippen molar-refractivity contribution in [2.45, 2.75) is 424 Å². The van der Waals surface area contributed by atoms with Gasteiger partial charge in [0.25, 0.3) is 0 Å². The van der Waals surface area contributed by atoms with Crippen molar-refractivity contribution in [2.75, 3.05) is 39.6 Å². The third kappa shape index (κ3) is 102. The molecule has 0 rings (SSSR count). The summed E-state index contributed by atoms with van der Waals surface area (Å²) in [6.45, 7) is 2.38. The molecule has 0 bridgehead atoms. The normalized spacial score (nSPS) is 14.6. The molecule has 18 heteroatoms. The van der Waals surface area contributed by atoms with Gasteiger partial charge in [-0.2, -0.15) is 0 Å². The van der Waals surface area contributed by atoms with Gasteiger partial charge in [-0.15, -0.1) is 0 Å². The lowest BCUT2D eigenvalue weighted by Crippen LogP contribution is -2.30. The number of phosphoric acid groups is 2. The summed E-state index contributed by atoms with van der Waals surface area (Å²) < 4.78 is 61.7. The lowest BCUT2D eigenvalue weighted by atomic mass is 10.0. The number of hydrogen-bond donors (Lipinski definition) is 4. The van der Waals surface area contributed by atoms with Crippen LogP contribution < -0.4 is 0 Å². The van der Waals surface area contributed by atoms with Crippen LogP contribution in [0, 0.1) is 0 Å². The zero-order valence-electron chi connectivity index (χ0n) is 81.3. The van der Waals surface area contributed by atoms with Crippen molar-refractivity contribution < 1.29 is 75.8 Å². The van der Waals surface area contributed by atoms with Crippen molar-refractivity contribution in [3.63, 3.8) is 0 Å². The van der Waals surface area contributed by atoms with E-state index >= 15 is 0 Å². The summed E-state index contributed by atoms with van der Waals surface area (Å²) in [5.41, 5.74) is 0. The summed E-state index contributed by atoms with van der Waals surface area (Å²) in [5.74, 6) is -1.58. The van der Waals surface area contributed by atoms with Gasteiger partial charge in [0.1, 0.15) is 25.4 Å². The summed E-state index contributed by atoms with van der Waals surface area (Å²) in [7, 11) is -9.83. The Morgan fingerprint density at radius 3 is 0.612 bits per heavy atom. The van der Waals surface area contributed by atoms with Gasteiger partial charge in [-0.1, -0.05) is 432 Å². The highest BCUT2D eigenvalue weighted by molar-refractivity contribution is 7.47. The number of hydrogen-bond acceptors (Lipinski definition) is 14. The van der Waals surface area contributed by atoms with E-state index in [1.807, 2.05) is 0 Å². The number of phosphoric ester groups is 2. The fourth-order valence-corrected chi connectivity index (χ4v) is 15.2. The maximum atomic E-state index is 13.1. The van der Waals surface area contributed by atoms with E-state index < -0.39 is 91.5 Å². The van der Waals surface area contributed by atoms with Crippen molar-refractivity contribution in [1.82, 2.24) is 0 Å². The van der Waals surface area contributed by atoms with E-state index in [1.54, 1.807) is 0 Å². The molecule has 0 aromatic rings. The second-order valence-electron chi connectivity index (χ2n) is 33.5. The Morgan fingerprint density at radius 1 is 0.217 bits per heavy atom. The third-order valence-corrected chi connectivity index (χ3v) is 23.1. The first-order valence-corrected chi connectivity index (χ1v) is 54.0. The fourth-order valence-electron chi connectivity index (χ4n) is 13.6. The average Bonchev–Trinajstić information content (AvgIpc) is 0.895. The Labute approximate surface area is 787 Å². The number of esters is 3. The second kappa shape index (κ2) is 101. The van der Waals surface area contributed by atoms with Gasteiger partial charge in [0, 0.05) is 19.3 Å². The van der Waals surface area contributed by atoms with Gasteiger partial charge < -0.3 is 34.2 Å². The number of ether oxygens (including phenoxy) is 3. The van der Waals surface area contributed by atoms with Crippen molar-refractivity contribution in [2.24, 2.45) is 0 Å². The maximum absolute atomic E-state index is 13.1. The van der Waals surface area contributed by atoms with Gasteiger partial charge in [0.15, 0.2) is 6.10 Å². The van der Waals surface area contributed by atoms with Gasteiger partial charge in [-0.05, 0) is 173 Å². The molecule has 129 heavy (non-hydrogen) atoms. The molecule has 0 aromatic carbocycles. The molecule has 0 amide bonds. The molecule has 734 valence electrons. The molecule has 0 aliphatic heterocycles. The number of carbonyl (C=O) groups is 3. The highest BCUT2D eigenvalue weighted by Gasteiger charge is 2.30. The van der Waals surface area contributed by atoms with Gasteiger partial charge in [-0.25, -0.2) is 9.13 Å². The molecular formula is C111H184O16P2. The quantitative estimate of drug-likeness (QED) is 0.0146. The lowest BCUT2D eigenvalue weighted by Gasteiger charge is -2.21. The number of allylic oxidation sites excluding steroid dienone is 36. The molecule has 0 spiro atoms. The van der Waals surface area contributed by atoms with Crippen LogP contribution in [0.3, 0.4) is 0 Å². The first-order valence-electron chi connectivity index (χ1n) is 51.0. The van der Waals surface area contributed by atoms with Crippen LogP contribution in [-0.2, 0) is 55.8 Å². The SMILES string of the molecule is CC/C=C\C/C=C\C/C=C\C/C=C\C/C=C\C/C=C\CCCCCCCCCCCCCCC(=O)OCC(O)COP(=O)(O)OCC(O)COP(=O)(O)OCC(COC(=O)CCCCCCCCCCCCCC/C=C\C/C=C\C/C=C\C/C=C\C/C=C\C/C=C\CC)OC(=O)CCCCCCCCCCCCCC/C=C\C/C=C\C/C=C\C/C=C\C/C=C\C/C=C\CC. The Balaban J connectivity index is 4.68. The minimum Gasteiger partial charge on any atom is -0.463 e. The van der Waals surface area contributed by atoms with E-state index in [0.717, 1.165) is 205 Å². The summed E-state index contributed by atoms with van der Waals surface area (Å²) in [5, 5.41) is 20.8. The molecule has 4 N–H and O–H groups in total. The summed E-state index contributed by atoms with van der Waals surface area (Å²) in [4.78, 5) is 59.2. The summed E-state index contributed by atoms with van der Waals surface area (Å²) in [6.07, 6.45) is 138. The van der Waals surface area contributed by atoms with Crippen LogP contribution in [0.25, 0.3) is 0 Å². The van der Waals surface area contributed by atoms with Crippen LogP contribution in [0.15, 0.2) is 219 Å². The highest BCUT2D eigenvalue weighted by atomic mass is 31.2. The molecule has 0 fully saturated rings. The Bertz CT molecular complexity index is 3230. The molecule has 0 aromatic heterocycles. The first kappa shape index (κ1) is 123. The molecule has 0 heterocycles. The number of aliphatic hydroxyl groups is 2. The van der Waals surface area contributed by atoms with Crippen LogP contribution in [0.4, 0.5) is 0 Å². The first-order chi connectivity index (χ1) is 63.2. The van der Waals surface area contributed by atoms with Crippen LogP contribution in [0.2, 0.25) is 0 Å². The number of carbonyl (C=O) groups excluding carboxylic acids is 3. The van der Waals surface area contributed by atoms with Crippen molar-refractivity contribution in [3.8, 4) is 0 Å². The van der Waals surface area contributed by atoms with Gasteiger partial charge >= 0.3 is 33.6 Å². The zero-order chi connectivity index (χ0) is 93.5. The van der Waals surface area contributed by atoms with Gasteiger partial charge in [0.2, 0.25) is 0 Å². The minimum atomic E-state index is -4.95. The van der Waals surface area contributed by atoms with E-state index in [2.05, 4.69) is 240 Å². The molecular weight excluding hydrogens is 1650 g/mol. The second-order valence-corrected chi connectivity index (χ2v) is 36.4. The topological polar surface area (TPSA) is 231 Å². The average molecular weight is 1840 g/mol. The van der Waals surface area contributed by atoms with Crippen LogP contribution >= 0.6 is 15.6 Å². The van der Waals surface area contributed by atoms with E-state index in [-0.39, 0.29) is 19.3 Å². The van der Waals surface area contributed by atoms with E-state index in [4.69, 9.17) is 32.3 Å². The molecule has 5 atom stereocenters. The summed E-state index contributed by atoms with van der Waals surface area (Å²) >= 11 is 0. The minimum absolute atomic E-state index is 0.0946. The third-order valence-electron chi connectivity index (χ3n) is 21.2. The number of unbranched alkanes of at least 4 members (excludes halogenated alkanes) is 36.